The summed E-state index contributed by atoms with van der Waals surface area (Å²) in [5, 5.41) is 10.2. The third-order valence-electron chi connectivity index (χ3n) is 2.70. The van der Waals surface area contributed by atoms with E-state index in [1.54, 1.807) is 10.9 Å². The Balaban J connectivity index is 1.98. The van der Waals surface area contributed by atoms with Crippen molar-refractivity contribution in [2.24, 2.45) is 5.92 Å². The van der Waals surface area contributed by atoms with Gasteiger partial charge in [-0.15, -0.1) is 0 Å². The molecule has 0 bridgehead atoms. The molecule has 0 aromatic carbocycles. The van der Waals surface area contributed by atoms with E-state index in [1.165, 1.54) is 0 Å². The summed E-state index contributed by atoms with van der Waals surface area (Å²) in [6, 6.07) is 1.82. The average Bonchev–Trinajstić information content (AvgIpc) is 2.87. The molecule has 5 heteroatoms. The van der Waals surface area contributed by atoms with Crippen molar-refractivity contribution in [1.82, 2.24) is 15.1 Å². The normalized spacial score (nSPS) is 20.5. The van der Waals surface area contributed by atoms with Crippen LogP contribution in [-0.2, 0) is 11.3 Å². The van der Waals surface area contributed by atoms with Crippen LogP contribution in [-0.4, -0.2) is 28.8 Å². The van der Waals surface area contributed by atoms with E-state index in [4.69, 9.17) is 0 Å². The van der Waals surface area contributed by atoms with Crippen LogP contribution in [0.15, 0.2) is 12.3 Å². The molecule has 0 aliphatic carbocycles. The van der Waals surface area contributed by atoms with Gasteiger partial charge in [0.05, 0.1) is 12.1 Å². The zero-order valence-corrected chi connectivity index (χ0v) is 8.86. The SMILES string of the molecule is CCn1nccc1NC(=O)C1CCNC1. The van der Waals surface area contributed by atoms with Crippen molar-refractivity contribution in [1.29, 1.82) is 0 Å². The number of nitrogens with one attached hydrogen (secondary N) is 2. The molecule has 1 unspecified atom stereocenters. The first-order valence-electron chi connectivity index (χ1n) is 5.34. The third-order valence-corrected chi connectivity index (χ3v) is 2.70. The Kier molecular flexibility index (Phi) is 3.01. The summed E-state index contributed by atoms with van der Waals surface area (Å²) in [5.41, 5.74) is 0. The molecule has 2 rings (SSSR count). The lowest BCUT2D eigenvalue weighted by Gasteiger charge is -2.10. The first-order valence-corrected chi connectivity index (χ1v) is 5.34. The fourth-order valence-electron chi connectivity index (χ4n) is 1.80. The molecule has 5 nitrogen and oxygen atoms in total. The standard InChI is InChI=1S/C10H16N4O/c1-2-14-9(4-6-12-14)13-10(15)8-3-5-11-7-8/h4,6,8,11H,2-3,5,7H2,1H3,(H,13,15). The maximum absolute atomic E-state index is 11.8. The van der Waals surface area contributed by atoms with Gasteiger partial charge < -0.3 is 10.6 Å². The van der Waals surface area contributed by atoms with Gasteiger partial charge in [-0.25, -0.2) is 4.68 Å². The number of anilines is 1. The molecule has 2 heterocycles. The number of carbonyl (C=O) groups excluding carboxylic acids is 1. The van der Waals surface area contributed by atoms with Crippen LogP contribution in [0.5, 0.6) is 0 Å². The molecular weight excluding hydrogens is 192 g/mol. The van der Waals surface area contributed by atoms with E-state index in [1.807, 2.05) is 13.0 Å². The number of carbonyl (C=O) groups is 1. The second kappa shape index (κ2) is 4.44. The first-order chi connectivity index (χ1) is 7.31. The Morgan fingerprint density at radius 3 is 3.33 bits per heavy atom. The highest BCUT2D eigenvalue weighted by Gasteiger charge is 2.22. The van der Waals surface area contributed by atoms with Gasteiger partial charge in [-0.3, -0.25) is 4.79 Å². The van der Waals surface area contributed by atoms with E-state index in [9.17, 15) is 4.79 Å². The van der Waals surface area contributed by atoms with E-state index >= 15 is 0 Å². The maximum Gasteiger partial charge on any atom is 0.229 e. The van der Waals surface area contributed by atoms with Crippen LogP contribution in [0.2, 0.25) is 0 Å². The number of hydrogen-bond donors (Lipinski definition) is 2. The Morgan fingerprint density at radius 1 is 1.80 bits per heavy atom. The van der Waals surface area contributed by atoms with Crippen molar-refractivity contribution in [2.75, 3.05) is 18.4 Å². The lowest BCUT2D eigenvalue weighted by molar-refractivity contribution is -0.119. The van der Waals surface area contributed by atoms with Crippen LogP contribution in [0.3, 0.4) is 0 Å². The molecule has 1 aliphatic rings. The predicted molar refractivity (Wildman–Crippen MR) is 57.5 cm³/mol. The fraction of sp³-hybridized carbons (Fsp3) is 0.600. The van der Waals surface area contributed by atoms with Gasteiger partial charge in [0, 0.05) is 19.2 Å². The average molecular weight is 208 g/mol. The number of amides is 1. The topological polar surface area (TPSA) is 59.0 Å². The lowest BCUT2D eigenvalue weighted by Crippen LogP contribution is -2.25. The summed E-state index contributed by atoms with van der Waals surface area (Å²) in [7, 11) is 0. The summed E-state index contributed by atoms with van der Waals surface area (Å²) in [6.07, 6.45) is 2.62. The largest absolute Gasteiger partial charge is 0.316 e. The monoisotopic (exact) mass is 208 g/mol. The summed E-state index contributed by atoms with van der Waals surface area (Å²) < 4.78 is 1.78. The molecule has 0 spiro atoms. The minimum atomic E-state index is 0.0928. The molecule has 1 aliphatic heterocycles. The highest BCUT2D eigenvalue weighted by Crippen LogP contribution is 2.12. The molecule has 1 saturated heterocycles. The van der Waals surface area contributed by atoms with Crippen LogP contribution >= 0.6 is 0 Å². The van der Waals surface area contributed by atoms with Gasteiger partial charge >= 0.3 is 0 Å². The summed E-state index contributed by atoms with van der Waals surface area (Å²) in [6.45, 7) is 4.49. The molecule has 1 amide bonds. The van der Waals surface area contributed by atoms with Crippen molar-refractivity contribution in [3.05, 3.63) is 12.3 Å². The van der Waals surface area contributed by atoms with Crippen molar-refractivity contribution < 1.29 is 4.79 Å². The summed E-state index contributed by atoms with van der Waals surface area (Å²) in [4.78, 5) is 11.8. The Bertz CT molecular complexity index is 341. The van der Waals surface area contributed by atoms with Crippen LogP contribution < -0.4 is 10.6 Å². The molecule has 0 radical (unpaired) electrons. The van der Waals surface area contributed by atoms with Crippen LogP contribution in [0.25, 0.3) is 0 Å². The van der Waals surface area contributed by atoms with E-state index in [-0.39, 0.29) is 11.8 Å². The van der Waals surface area contributed by atoms with Crippen molar-refractivity contribution >= 4 is 11.7 Å². The highest BCUT2D eigenvalue weighted by molar-refractivity contribution is 5.92. The highest BCUT2D eigenvalue weighted by atomic mass is 16.2. The van der Waals surface area contributed by atoms with Crippen molar-refractivity contribution in [2.45, 2.75) is 19.9 Å². The zero-order valence-electron chi connectivity index (χ0n) is 8.86. The maximum atomic E-state index is 11.8. The Labute approximate surface area is 88.8 Å². The van der Waals surface area contributed by atoms with Gasteiger partial charge in [0.2, 0.25) is 5.91 Å². The minimum absolute atomic E-state index is 0.0928. The quantitative estimate of drug-likeness (QED) is 0.758. The van der Waals surface area contributed by atoms with Gasteiger partial charge in [-0.2, -0.15) is 5.10 Å². The summed E-state index contributed by atoms with van der Waals surface area (Å²) >= 11 is 0. The minimum Gasteiger partial charge on any atom is -0.316 e. The molecule has 1 aromatic rings. The Morgan fingerprint density at radius 2 is 2.67 bits per heavy atom. The van der Waals surface area contributed by atoms with Crippen molar-refractivity contribution in [3.63, 3.8) is 0 Å². The van der Waals surface area contributed by atoms with Crippen molar-refractivity contribution in [3.8, 4) is 0 Å². The molecule has 2 N–H and O–H groups in total. The number of rotatable bonds is 3. The molecule has 0 saturated carbocycles. The van der Waals surface area contributed by atoms with E-state index in [0.717, 1.165) is 31.9 Å². The van der Waals surface area contributed by atoms with Gasteiger partial charge in [0.15, 0.2) is 0 Å². The molecule has 1 fully saturated rings. The molecule has 82 valence electrons. The summed E-state index contributed by atoms with van der Waals surface area (Å²) in [5.74, 6) is 0.981. The zero-order chi connectivity index (χ0) is 10.7. The van der Waals surface area contributed by atoms with E-state index in [2.05, 4.69) is 15.7 Å². The molecule has 1 atom stereocenters. The van der Waals surface area contributed by atoms with Crippen LogP contribution in [0.4, 0.5) is 5.82 Å². The van der Waals surface area contributed by atoms with Crippen LogP contribution in [0.1, 0.15) is 13.3 Å². The second-order valence-electron chi connectivity index (χ2n) is 3.71. The van der Waals surface area contributed by atoms with Crippen LogP contribution in [0, 0.1) is 5.92 Å². The number of nitrogens with zero attached hydrogens (tertiary/aromatic N) is 2. The first kappa shape index (κ1) is 10.2. The van der Waals surface area contributed by atoms with Gasteiger partial charge in [-0.05, 0) is 19.9 Å². The predicted octanol–water partition coefficient (Wildman–Crippen LogP) is 0.451. The molecule has 15 heavy (non-hydrogen) atoms. The second-order valence-corrected chi connectivity index (χ2v) is 3.71. The number of aromatic nitrogens is 2. The Hall–Kier alpha value is -1.36. The third kappa shape index (κ3) is 2.18. The number of aryl methyl sites for hydroxylation is 1. The van der Waals surface area contributed by atoms with Gasteiger partial charge in [0.1, 0.15) is 5.82 Å². The van der Waals surface area contributed by atoms with Gasteiger partial charge in [-0.1, -0.05) is 0 Å². The van der Waals surface area contributed by atoms with Gasteiger partial charge in [0.25, 0.3) is 0 Å². The van der Waals surface area contributed by atoms with E-state index < -0.39 is 0 Å². The number of hydrogen-bond acceptors (Lipinski definition) is 3. The van der Waals surface area contributed by atoms with E-state index in [0.29, 0.717) is 0 Å². The lowest BCUT2D eigenvalue weighted by atomic mass is 10.1. The fourth-order valence-corrected chi connectivity index (χ4v) is 1.80. The molecule has 1 aromatic heterocycles. The smallest absolute Gasteiger partial charge is 0.229 e. The molecular formula is C10H16N4O.